The van der Waals surface area contributed by atoms with E-state index in [-0.39, 0.29) is 5.91 Å². The Bertz CT molecular complexity index is 386. The van der Waals surface area contributed by atoms with Crippen LogP contribution in [0.15, 0.2) is 18.3 Å². The first-order valence-electron chi connectivity index (χ1n) is 6.40. The Balaban J connectivity index is 2.10. The normalized spacial score (nSPS) is 20.6. The van der Waals surface area contributed by atoms with Gasteiger partial charge < -0.3 is 14.8 Å². The molecular formula is C13H21N3O. The van der Waals surface area contributed by atoms with E-state index < -0.39 is 0 Å². The molecule has 17 heavy (non-hydrogen) atoms. The van der Waals surface area contributed by atoms with E-state index in [4.69, 9.17) is 0 Å². The Hall–Kier alpha value is -1.29. The number of rotatable bonds is 3. The van der Waals surface area contributed by atoms with Crippen LogP contribution in [0.4, 0.5) is 0 Å². The van der Waals surface area contributed by atoms with Crippen LogP contribution in [0.1, 0.15) is 30.8 Å². The molecule has 1 atom stereocenters. The van der Waals surface area contributed by atoms with Crippen molar-refractivity contribution in [2.75, 3.05) is 19.6 Å². The summed E-state index contributed by atoms with van der Waals surface area (Å²) in [6, 6.07) is 4.27. The topological polar surface area (TPSA) is 37.3 Å². The van der Waals surface area contributed by atoms with Gasteiger partial charge in [0.25, 0.3) is 5.91 Å². The largest absolute Gasteiger partial charge is 0.344 e. The van der Waals surface area contributed by atoms with Crippen molar-refractivity contribution in [1.82, 2.24) is 14.8 Å². The number of amides is 1. The molecule has 0 saturated carbocycles. The van der Waals surface area contributed by atoms with E-state index in [0.717, 1.165) is 38.3 Å². The quantitative estimate of drug-likeness (QED) is 0.858. The van der Waals surface area contributed by atoms with Crippen LogP contribution in [0, 0.1) is 0 Å². The summed E-state index contributed by atoms with van der Waals surface area (Å²) in [6.07, 6.45) is 3.04. The molecule has 0 aliphatic carbocycles. The summed E-state index contributed by atoms with van der Waals surface area (Å²) in [6.45, 7) is 7.65. The highest BCUT2D eigenvalue weighted by Crippen LogP contribution is 2.10. The van der Waals surface area contributed by atoms with Gasteiger partial charge in [0.2, 0.25) is 0 Å². The molecule has 1 aromatic heterocycles. The maximum atomic E-state index is 12.4. The molecular weight excluding hydrogens is 214 g/mol. The average Bonchev–Trinajstić information content (AvgIpc) is 2.77. The number of piperazine rings is 1. The lowest BCUT2D eigenvalue weighted by molar-refractivity contribution is 0.0698. The first kappa shape index (κ1) is 12.2. The molecule has 1 aromatic rings. The number of aryl methyl sites for hydroxylation is 1. The third-order valence-electron chi connectivity index (χ3n) is 3.17. The van der Waals surface area contributed by atoms with Gasteiger partial charge in [-0.05, 0) is 25.5 Å². The van der Waals surface area contributed by atoms with Crippen molar-refractivity contribution < 1.29 is 4.79 Å². The lowest BCUT2D eigenvalue weighted by Gasteiger charge is -2.32. The van der Waals surface area contributed by atoms with E-state index in [1.54, 1.807) is 0 Å². The summed E-state index contributed by atoms with van der Waals surface area (Å²) < 4.78 is 2.05. The molecule has 1 amide bonds. The standard InChI is InChI=1S/C13H21N3O/c1-3-7-15-8-4-5-12(15)13(17)16-9-6-14-11(2)10-16/h4-5,8,11,14H,3,6-7,9-10H2,1-2H3. The van der Waals surface area contributed by atoms with Gasteiger partial charge in [-0.25, -0.2) is 0 Å². The summed E-state index contributed by atoms with van der Waals surface area (Å²) in [4.78, 5) is 14.3. The van der Waals surface area contributed by atoms with E-state index in [2.05, 4.69) is 23.7 Å². The zero-order valence-corrected chi connectivity index (χ0v) is 10.6. The number of carbonyl (C=O) groups excluding carboxylic acids is 1. The van der Waals surface area contributed by atoms with Crippen LogP contribution >= 0.6 is 0 Å². The van der Waals surface area contributed by atoms with Crippen LogP contribution in [-0.4, -0.2) is 41.1 Å². The summed E-state index contributed by atoms with van der Waals surface area (Å²) in [7, 11) is 0. The second-order valence-corrected chi connectivity index (χ2v) is 4.69. The van der Waals surface area contributed by atoms with Gasteiger partial charge in [-0.2, -0.15) is 0 Å². The van der Waals surface area contributed by atoms with Gasteiger partial charge in [0.15, 0.2) is 0 Å². The first-order chi connectivity index (χ1) is 8.22. The molecule has 2 rings (SSSR count). The summed E-state index contributed by atoms with van der Waals surface area (Å²) >= 11 is 0. The fraction of sp³-hybridized carbons (Fsp3) is 0.615. The highest BCUT2D eigenvalue weighted by atomic mass is 16.2. The fourth-order valence-corrected chi connectivity index (χ4v) is 2.32. The number of nitrogens with one attached hydrogen (secondary N) is 1. The Kier molecular flexibility index (Phi) is 3.84. The Morgan fingerprint density at radius 3 is 3.12 bits per heavy atom. The van der Waals surface area contributed by atoms with Crippen molar-refractivity contribution in [2.24, 2.45) is 0 Å². The predicted molar refractivity (Wildman–Crippen MR) is 68.1 cm³/mol. The maximum Gasteiger partial charge on any atom is 0.270 e. The molecule has 1 fully saturated rings. The minimum absolute atomic E-state index is 0.164. The lowest BCUT2D eigenvalue weighted by atomic mass is 10.2. The molecule has 0 bridgehead atoms. The van der Waals surface area contributed by atoms with Gasteiger partial charge in [0, 0.05) is 38.4 Å². The molecule has 2 heterocycles. The molecule has 0 radical (unpaired) electrons. The third kappa shape index (κ3) is 2.69. The predicted octanol–water partition coefficient (Wildman–Crippen LogP) is 1.33. The van der Waals surface area contributed by atoms with Crippen molar-refractivity contribution in [1.29, 1.82) is 0 Å². The zero-order valence-electron chi connectivity index (χ0n) is 10.6. The number of carbonyl (C=O) groups is 1. The number of aromatic nitrogens is 1. The molecule has 94 valence electrons. The smallest absolute Gasteiger partial charge is 0.270 e. The van der Waals surface area contributed by atoms with Gasteiger partial charge in [-0.3, -0.25) is 4.79 Å². The van der Waals surface area contributed by atoms with Crippen molar-refractivity contribution in [3.8, 4) is 0 Å². The molecule has 1 saturated heterocycles. The summed E-state index contributed by atoms with van der Waals surface area (Å²) in [5.74, 6) is 0.164. The minimum Gasteiger partial charge on any atom is -0.344 e. The van der Waals surface area contributed by atoms with Crippen LogP contribution in [0.25, 0.3) is 0 Å². The summed E-state index contributed by atoms with van der Waals surface area (Å²) in [5.41, 5.74) is 0.820. The zero-order chi connectivity index (χ0) is 12.3. The van der Waals surface area contributed by atoms with Crippen molar-refractivity contribution in [3.63, 3.8) is 0 Å². The highest BCUT2D eigenvalue weighted by Gasteiger charge is 2.23. The molecule has 0 spiro atoms. The minimum atomic E-state index is 0.164. The van der Waals surface area contributed by atoms with Crippen molar-refractivity contribution in [2.45, 2.75) is 32.9 Å². The highest BCUT2D eigenvalue weighted by molar-refractivity contribution is 5.92. The molecule has 1 unspecified atom stereocenters. The van der Waals surface area contributed by atoms with Crippen LogP contribution in [-0.2, 0) is 6.54 Å². The fourth-order valence-electron chi connectivity index (χ4n) is 2.32. The Morgan fingerprint density at radius 1 is 1.59 bits per heavy atom. The molecule has 4 heteroatoms. The van der Waals surface area contributed by atoms with Crippen molar-refractivity contribution >= 4 is 5.91 Å². The van der Waals surface area contributed by atoms with Crippen LogP contribution in [0.2, 0.25) is 0 Å². The van der Waals surface area contributed by atoms with Crippen molar-refractivity contribution in [3.05, 3.63) is 24.0 Å². The van der Waals surface area contributed by atoms with E-state index in [9.17, 15) is 4.79 Å². The second kappa shape index (κ2) is 5.36. The summed E-state index contributed by atoms with van der Waals surface area (Å²) in [5, 5.41) is 3.35. The van der Waals surface area contributed by atoms with Gasteiger partial charge in [-0.1, -0.05) is 6.92 Å². The lowest BCUT2D eigenvalue weighted by Crippen LogP contribution is -2.51. The first-order valence-corrected chi connectivity index (χ1v) is 6.40. The molecule has 0 aromatic carbocycles. The maximum absolute atomic E-state index is 12.4. The molecule has 4 nitrogen and oxygen atoms in total. The van der Waals surface area contributed by atoms with E-state index in [1.165, 1.54) is 0 Å². The number of nitrogens with zero attached hydrogens (tertiary/aromatic N) is 2. The Labute approximate surface area is 103 Å². The second-order valence-electron chi connectivity index (χ2n) is 4.69. The van der Waals surface area contributed by atoms with Gasteiger partial charge in [-0.15, -0.1) is 0 Å². The molecule has 1 N–H and O–H groups in total. The van der Waals surface area contributed by atoms with Crippen LogP contribution < -0.4 is 5.32 Å². The van der Waals surface area contributed by atoms with Crippen LogP contribution in [0.3, 0.4) is 0 Å². The van der Waals surface area contributed by atoms with Gasteiger partial charge in [0.05, 0.1) is 0 Å². The SMILES string of the molecule is CCCn1cccc1C(=O)N1CCNC(C)C1. The van der Waals surface area contributed by atoms with Gasteiger partial charge in [0.1, 0.15) is 5.69 Å². The average molecular weight is 235 g/mol. The Morgan fingerprint density at radius 2 is 2.41 bits per heavy atom. The third-order valence-corrected chi connectivity index (χ3v) is 3.17. The van der Waals surface area contributed by atoms with E-state index in [1.807, 2.05) is 23.2 Å². The van der Waals surface area contributed by atoms with E-state index in [0.29, 0.717) is 6.04 Å². The van der Waals surface area contributed by atoms with E-state index >= 15 is 0 Å². The van der Waals surface area contributed by atoms with Crippen LogP contribution in [0.5, 0.6) is 0 Å². The molecule has 1 aliphatic rings. The molecule has 1 aliphatic heterocycles. The van der Waals surface area contributed by atoms with Gasteiger partial charge >= 0.3 is 0 Å². The monoisotopic (exact) mass is 235 g/mol. The number of hydrogen-bond donors (Lipinski definition) is 1. The number of hydrogen-bond acceptors (Lipinski definition) is 2.